The minimum atomic E-state index is -0.294. The van der Waals surface area contributed by atoms with Gasteiger partial charge in [0.1, 0.15) is 0 Å². The fraction of sp³-hybridized carbons (Fsp3) is 0.292. The Hall–Kier alpha value is -3.81. The molecule has 8 nitrogen and oxygen atoms in total. The van der Waals surface area contributed by atoms with Gasteiger partial charge in [0, 0.05) is 23.9 Å². The SMILES string of the molecule is CCCCc1cn(C(=O)CC)c(=O)n1Cc1ccc(-c2ccccc2)c(-c2nnn[nH]2)c1. The van der Waals surface area contributed by atoms with Crippen LogP contribution < -0.4 is 5.69 Å². The summed E-state index contributed by atoms with van der Waals surface area (Å²) < 4.78 is 2.94. The van der Waals surface area contributed by atoms with Crippen LogP contribution in [0.5, 0.6) is 0 Å². The molecule has 164 valence electrons. The molecule has 4 aromatic rings. The second-order valence-electron chi connectivity index (χ2n) is 7.71. The highest BCUT2D eigenvalue weighted by Crippen LogP contribution is 2.31. The normalized spacial score (nSPS) is 11.1. The molecule has 0 fully saturated rings. The molecule has 2 aromatic carbocycles. The molecule has 2 heterocycles. The average molecular weight is 431 g/mol. The lowest BCUT2D eigenvalue weighted by Gasteiger charge is -2.12. The van der Waals surface area contributed by atoms with Crippen molar-refractivity contribution in [3.05, 3.63) is 76.5 Å². The number of aromatic nitrogens is 6. The molecule has 0 spiro atoms. The van der Waals surface area contributed by atoms with Crippen molar-refractivity contribution in [2.45, 2.75) is 46.1 Å². The van der Waals surface area contributed by atoms with Crippen LogP contribution in [0.15, 0.2) is 59.5 Å². The van der Waals surface area contributed by atoms with E-state index in [1.807, 2.05) is 48.5 Å². The van der Waals surface area contributed by atoms with Gasteiger partial charge in [-0.25, -0.2) is 14.5 Å². The maximum atomic E-state index is 13.0. The molecule has 4 rings (SSSR count). The molecule has 0 radical (unpaired) electrons. The first kappa shape index (κ1) is 21.4. The molecule has 0 aliphatic rings. The zero-order valence-corrected chi connectivity index (χ0v) is 18.3. The zero-order chi connectivity index (χ0) is 22.5. The van der Waals surface area contributed by atoms with Crippen molar-refractivity contribution in [2.75, 3.05) is 0 Å². The summed E-state index contributed by atoms with van der Waals surface area (Å²) in [6.07, 6.45) is 4.69. The third kappa shape index (κ3) is 4.30. The molecule has 0 bridgehead atoms. The number of aromatic amines is 1. The van der Waals surface area contributed by atoms with Crippen LogP contribution in [0.4, 0.5) is 0 Å². The van der Waals surface area contributed by atoms with Gasteiger partial charge in [0.05, 0.1) is 6.54 Å². The molecule has 0 saturated carbocycles. The highest BCUT2D eigenvalue weighted by molar-refractivity contribution is 5.81. The predicted molar refractivity (Wildman–Crippen MR) is 122 cm³/mol. The molecule has 0 unspecified atom stereocenters. The molecule has 32 heavy (non-hydrogen) atoms. The van der Waals surface area contributed by atoms with Crippen LogP contribution in [-0.2, 0) is 13.0 Å². The van der Waals surface area contributed by atoms with Gasteiger partial charge in [-0.15, -0.1) is 5.10 Å². The van der Waals surface area contributed by atoms with E-state index in [0.717, 1.165) is 47.2 Å². The van der Waals surface area contributed by atoms with Crippen molar-refractivity contribution in [1.82, 2.24) is 29.8 Å². The number of rotatable bonds is 8. The largest absolute Gasteiger partial charge is 0.335 e. The van der Waals surface area contributed by atoms with Gasteiger partial charge >= 0.3 is 5.69 Å². The lowest BCUT2D eigenvalue weighted by molar-refractivity contribution is 0.0904. The van der Waals surface area contributed by atoms with Gasteiger partial charge in [-0.2, -0.15) is 0 Å². The number of hydrogen-bond acceptors (Lipinski definition) is 5. The number of carbonyl (C=O) groups excluding carboxylic acids is 1. The van der Waals surface area contributed by atoms with Crippen molar-refractivity contribution in [3.63, 3.8) is 0 Å². The number of benzene rings is 2. The molecule has 0 aliphatic carbocycles. The first-order chi connectivity index (χ1) is 15.6. The molecule has 0 amide bonds. The Morgan fingerprint density at radius 3 is 2.56 bits per heavy atom. The Morgan fingerprint density at radius 1 is 1.06 bits per heavy atom. The number of tetrazole rings is 1. The van der Waals surface area contributed by atoms with Crippen LogP contribution in [0.2, 0.25) is 0 Å². The summed E-state index contributed by atoms with van der Waals surface area (Å²) >= 11 is 0. The number of aryl methyl sites for hydroxylation is 1. The molecular formula is C24H26N6O2. The summed E-state index contributed by atoms with van der Waals surface area (Å²) in [6.45, 7) is 4.24. The molecule has 2 aromatic heterocycles. The molecule has 1 N–H and O–H groups in total. The standard InChI is InChI=1S/C24H26N6O2/c1-3-5-11-19-16-30(22(31)4-2)24(32)29(19)15-17-12-13-20(18-9-7-6-8-10-18)21(14-17)23-25-27-28-26-23/h6-10,12-14,16H,3-5,11,15H2,1-2H3,(H,25,26,27,28). The van der Waals surface area contributed by atoms with Crippen molar-refractivity contribution in [1.29, 1.82) is 0 Å². The summed E-state index contributed by atoms with van der Waals surface area (Å²) in [5, 5.41) is 14.4. The number of hydrogen-bond donors (Lipinski definition) is 1. The first-order valence-electron chi connectivity index (χ1n) is 10.9. The number of unbranched alkanes of at least 4 members (excludes halogenated alkanes) is 1. The Balaban J connectivity index is 1.77. The molecule has 8 heteroatoms. The average Bonchev–Trinajstić information content (AvgIpc) is 3.47. The van der Waals surface area contributed by atoms with Gasteiger partial charge in [0.25, 0.3) is 0 Å². The summed E-state index contributed by atoms with van der Waals surface area (Å²) in [5.74, 6) is 0.363. The predicted octanol–water partition coefficient (Wildman–Crippen LogP) is 3.94. The summed E-state index contributed by atoms with van der Waals surface area (Å²) in [6, 6.07) is 16.0. The zero-order valence-electron chi connectivity index (χ0n) is 18.3. The van der Waals surface area contributed by atoms with Crippen LogP contribution in [0.1, 0.15) is 49.2 Å². The van der Waals surface area contributed by atoms with Gasteiger partial charge in [-0.1, -0.05) is 62.7 Å². The van der Waals surface area contributed by atoms with Gasteiger partial charge in [-0.3, -0.25) is 9.36 Å². The Kier molecular flexibility index (Phi) is 6.39. The Labute approximate surface area is 185 Å². The van der Waals surface area contributed by atoms with E-state index < -0.39 is 0 Å². The van der Waals surface area contributed by atoms with Crippen LogP contribution in [-0.4, -0.2) is 35.7 Å². The second-order valence-corrected chi connectivity index (χ2v) is 7.71. The summed E-state index contributed by atoms with van der Waals surface area (Å²) in [5.41, 5.74) is 4.39. The Bertz CT molecular complexity index is 1260. The lowest BCUT2D eigenvalue weighted by atomic mass is 9.97. The maximum Gasteiger partial charge on any atom is 0.335 e. The topological polar surface area (TPSA) is 98.5 Å². The first-order valence-corrected chi connectivity index (χ1v) is 10.9. The van der Waals surface area contributed by atoms with E-state index in [2.05, 4.69) is 27.5 Å². The van der Waals surface area contributed by atoms with Gasteiger partial charge in [-0.05, 0) is 46.0 Å². The van der Waals surface area contributed by atoms with Gasteiger partial charge in [0.2, 0.25) is 5.91 Å². The smallest absolute Gasteiger partial charge is 0.292 e. The second kappa shape index (κ2) is 9.55. The number of carbonyl (C=O) groups is 1. The van der Waals surface area contributed by atoms with Crippen molar-refractivity contribution in [2.24, 2.45) is 0 Å². The number of H-pyrrole nitrogens is 1. The fourth-order valence-electron chi connectivity index (χ4n) is 3.81. The summed E-state index contributed by atoms with van der Waals surface area (Å²) in [7, 11) is 0. The highest BCUT2D eigenvalue weighted by Gasteiger charge is 2.17. The van der Waals surface area contributed by atoms with E-state index in [0.29, 0.717) is 12.4 Å². The fourth-order valence-corrected chi connectivity index (χ4v) is 3.81. The van der Waals surface area contributed by atoms with Crippen molar-refractivity contribution in [3.8, 4) is 22.5 Å². The van der Waals surface area contributed by atoms with Gasteiger partial charge in [0.15, 0.2) is 5.82 Å². The molecule has 0 aliphatic heterocycles. The van der Waals surface area contributed by atoms with Crippen LogP contribution in [0, 0.1) is 0 Å². The minimum absolute atomic E-state index is 0.195. The van der Waals surface area contributed by atoms with Crippen LogP contribution in [0.25, 0.3) is 22.5 Å². The van der Waals surface area contributed by atoms with Crippen LogP contribution >= 0.6 is 0 Å². The minimum Gasteiger partial charge on any atom is -0.292 e. The maximum absolute atomic E-state index is 13.0. The molecule has 0 saturated heterocycles. The molecule has 0 atom stereocenters. The third-order valence-electron chi connectivity index (χ3n) is 5.53. The van der Waals surface area contributed by atoms with E-state index in [1.165, 1.54) is 4.57 Å². The van der Waals surface area contributed by atoms with E-state index in [4.69, 9.17) is 0 Å². The number of nitrogens with zero attached hydrogens (tertiary/aromatic N) is 5. The van der Waals surface area contributed by atoms with E-state index in [1.54, 1.807) is 17.7 Å². The van der Waals surface area contributed by atoms with Gasteiger partial charge < -0.3 is 0 Å². The quantitative estimate of drug-likeness (QED) is 0.457. The number of nitrogens with one attached hydrogen (secondary N) is 1. The van der Waals surface area contributed by atoms with E-state index >= 15 is 0 Å². The van der Waals surface area contributed by atoms with Crippen molar-refractivity contribution < 1.29 is 4.79 Å². The highest BCUT2D eigenvalue weighted by atomic mass is 16.2. The lowest BCUT2D eigenvalue weighted by Crippen LogP contribution is -2.29. The summed E-state index contributed by atoms with van der Waals surface area (Å²) in [4.78, 5) is 25.3. The van der Waals surface area contributed by atoms with E-state index in [-0.39, 0.29) is 18.0 Å². The Morgan fingerprint density at radius 2 is 1.88 bits per heavy atom. The van der Waals surface area contributed by atoms with Crippen LogP contribution in [0.3, 0.4) is 0 Å². The third-order valence-corrected chi connectivity index (χ3v) is 5.53. The van der Waals surface area contributed by atoms with E-state index in [9.17, 15) is 9.59 Å². The monoisotopic (exact) mass is 430 g/mol. The van der Waals surface area contributed by atoms with Crippen molar-refractivity contribution >= 4 is 5.91 Å². The molecular weight excluding hydrogens is 404 g/mol. The number of imidazole rings is 1.